The van der Waals surface area contributed by atoms with Crippen LogP contribution in [0.4, 0.5) is 0 Å². The van der Waals surface area contributed by atoms with E-state index in [0.717, 1.165) is 10.1 Å². The molecule has 2 rings (SSSR count). The van der Waals surface area contributed by atoms with Gasteiger partial charge in [-0.05, 0) is 37.3 Å². The van der Waals surface area contributed by atoms with Crippen molar-refractivity contribution in [3.05, 3.63) is 60.2 Å². The van der Waals surface area contributed by atoms with E-state index < -0.39 is 10.0 Å². The second kappa shape index (κ2) is 8.13. The van der Waals surface area contributed by atoms with Gasteiger partial charge in [0.1, 0.15) is 12.4 Å². The van der Waals surface area contributed by atoms with Gasteiger partial charge >= 0.3 is 0 Å². The molecule has 7 heteroatoms. The summed E-state index contributed by atoms with van der Waals surface area (Å²) in [6, 6.07) is 15.0. The standard InChI is InChI=1S/C18H22N2O4S/c1-14(13-24-16-9-5-4-6-10-16)19-18(21)15-8-7-11-17(12-15)25(22,23)20(2)3/h4-12,14H,13H2,1-3H3,(H,19,21)/t14-/m0/s1. The molecule has 0 fully saturated rings. The van der Waals surface area contributed by atoms with E-state index in [1.54, 1.807) is 12.1 Å². The van der Waals surface area contributed by atoms with E-state index in [4.69, 9.17) is 4.74 Å². The Balaban J connectivity index is 2.01. The normalized spacial score (nSPS) is 12.6. The highest BCUT2D eigenvalue weighted by Crippen LogP contribution is 2.15. The number of hydrogen-bond donors (Lipinski definition) is 1. The zero-order valence-electron chi connectivity index (χ0n) is 14.5. The highest BCUT2D eigenvalue weighted by Gasteiger charge is 2.19. The molecule has 0 saturated heterocycles. The number of hydrogen-bond acceptors (Lipinski definition) is 4. The first-order chi connectivity index (χ1) is 11.8. The fourth-order valence-electron chi connectivity index (χ4n) is 2.10. The van der Waals surface area contributed by atoms with Gasteiger partial charge in [0.05, 0.1) is 10.9 Å². The first kappa shape index (κ1) is 19.0. The summed E-state index contributed by atoms with van der Waals surface area (Å²) in [5, 5.41) is 2.80. The van der Waals surface area contributed by atoms with Gasteiger partial charge in [0.25, 0.3) is 5.91 Å². The summed E-state index contributed by atoms with van der Waals surface area (Å²) < 4.78 is 31.0. The Morgan fingerprint density at radius 2 is 1.80 bits per heavy atom. The second-order valence-corrected chi connectivity index (χ2v) is 7.97. The van der Waals surface area contributed by atoms with E-state index in [9.17, 15) is 13.2 Å². The number of ether oxygens (including phenoxy) is 1. The highest BCUT2D eigenvalue weighted by atomic mass is 32.2. The summed E-state index contributed by atoms with van der Waals surface area (Å²) in [7, 11) is -0.680. The van der Waals surface area contributed by atoms with Crippen LogP contribution in [0.15, 0.2) is 59.5 Å². The Kier molecular flexibility index (Phi) is 6.17. The lowest BCUT2D eigenvalue weighted by molar-refractivity contribution is 0.0926. The van der Waals surface area contributed by atoms with E-state index >= 15 is 0 Å². The van der Waals surface area contributed by atoms with Gasteiger partial charge in [-0.15, -0.1) is 0 Å². The van der Waals surface area contributed by atoms with Crippen LogP contribution in [0.3, 0.4) is 0 Å². The predicted octanol–water partition coefficient (Wildman–Crippen LogP) is 2.13. The fraction of sp³-hybridized carbons (Fsp3) is 0.278. The maximum absolute atomic E-state index is 12.3. The number of carbonyl (C=O) groups excluding carboxylic acids is 1. The quantitative estimate of drug-likeness (QED) is 0.819. The molecule has 134 valence electrons. The lowest BCUT2D eigenvalue weighted by atomic mass is 10.2. The average Bonchev–Trinajstić information content (AvgIpc) is 2.60. The van der Waals surface area contributed by atoms with Crippen LogP contribution in [0.25, 0.3) is 0 Å². The van der Waals surface area contributed by atoms with E-state index in [1.165, 1.54) is 26.2 Å². The van der Waals surface area contributed by atoms with Gasteiger partial charge in [0, 0.05) is 19.7 Å². The van der Waals surface area contributed by atoms with Gasteiger partial charge < -0.3 is 10.1 Å². The van der Waals surface area contributed by atoms with Crippen LogP contribution in [-0.2, 0) is 10.0 Å². The number of para-hydroxylation sites is 1. The van der Waals surface area contributed by atoms with Gasteiger partial charge in [-0.2, -0.15) is 0 Å². The van der Waals surface area contributed by atoms with Gasteiger partial charge in [-0.25, -0.2) is 12.7 Å². The summed E-state index contributed by atoms with van der Waals surface area (Å²) in [6.45, 7) is 2.13. The van der Waals surface area contributed by atoms with Gasteiger partial charge in [-0.1, -0.05) is 24.3 Å². The Bertz CT molecular complexity index is 820. The van der Waals surface area contributed by atoms with Crippen LogP contribution in [0.5, 0.6) is 5.75 Å². The Hall–Kier alpha value is -2.38. The molecule has 0 bridgehead atoms. The number of nitrogens with zero attached hydrogens (tertiary/aromatic N) is 1. The molecule has 0 unspecified atom stereocenters. The van der Waals surface area contributed by atoms with Crippen molar-refractivity contribution in [2.24, 2.45) is 0 Å². The molecule has 0 aromatic heterocycles. The molecule has 1 N–H and O–H groups in total. The SMILES string of the molecule is C[C@@H](COc1ccccc1)NC(=O)c1cccc(S(=O)(=O)N(C)C)c1. The minimum atomic E-state index is -3.58. The lowest BCUT2D eigenvalue weighted by Gasteiger charge is -2.16. The molecule has 2 aromatic rings. The van der Waals surface area contributed by atoms with Crippen molar-refractivity contribution in [2.75, 3.05) is 20.7 Å². The van der Waals surface area contributed by atoms with Gasteiger partial charge in [0.15, 0.2) is 0 Å². The first-order valence-electron chi connectivity index (χ1n) is 7.82. The third-order valence-corrected chi connectivity index (χ3v) is 5.31. The zero-order chi connectivity index (χ0) is 18.4. The molecule has 0 saturated carbocycles. The van der Waals surface area contributed by atoms with E-state index in [1.807, 2.05) is 37.3 Å². The number of carbonyl (C=O) groups is 1. The third-order valence-electron chi connectivity index (χ3n) is 3.50. The molecule has 0 aliphatic rings. The average molecular weight is 362 g/mol. The maximum Gasteiger partial charge on any atom is 0.251 e. The number of benzene rings is 2. The molecule has 6 nitrogen and oxygen atoms in total. The molecule has 0 heterocycles. The Morgan fingerprint density at radius 3 is 2.44 bits per heavy atom. The smallest absolute Gasteiger partial charge is 0.251 e. The molecule has 25 heavy (non-hydrogen) atoms. The van der Waals surface area contributed by atoms with Crippen molar-refractivity contribution in [2.45, 2.75) is 17.9 Å². The zero-order valence-corrected chi connectivity index (χ0v) is 15.3. The molecular weight excluding hydrogens is 340 g/mol. The molecule has 2 aromatic carbocycles. The monoisotopic (exact) mass is 362 g/mol. The van der Waals surface area contributed by atoms with Crippen LogP contribution < -0.4 is 10.1 Å². The number of nitrogens with one attached hydrogen (secondary N) is 1. The molecule has 0 spiro atoms. The van der Waals surface area contributed by atoms with Crippen molar-refractivity contribution < 1.29 is 17.9 Å². The molecule has 0 aliphatic heterocycles. The molecule has 0 aliphatic carbocycles. The summed E-state index contributed by atoms with van der Waals surface area (Å²) in [6.07, 6.45) is 0. The molecule has 1 atom stereocenters. The van der Waals surface area contributed by atoms with Crippen molar-refractivity contribution in [1.82, 2.24) is 9.62 Å². The number of rotatable bonds is 7. The number of sulfonamides is 1. The van der Waals surface area contributed by atoms with E-state index in [-0.39, 0.29) is 22.4 Å². The molecular formula is C18H22N2O4S. The Labute approximate surface area is 148 Å². The van der Waals surface area contributed by atoms with Crippen molar-refractivity contribution >= 4 is 15.9 Å². The van der Waals surface area contributed by atoms with Crippen LogP contribution in [0.2, 0.25) is 0 Å². The van der Waals surface area contributed by atoms with Gasteiger partial charge in [0.2, 0.25) is 10.0 Å². The van der Waals surface area contributed by atoms with Crippen LogP contribution in [0.1, 0.15) is 17.3 Å². The Morgan fingerprint density at radius 1 is 1.12 bits per heavy atom. The largest absolute Gasteiger partial charge is 0.491 e. The number of amides is 1. The summed E-state index contributed by atoms with van der Waals surface area (Å²) in [4.78, 5) is 12.4. The summed E-state index contributed by atoms with van der Waals surface area (Å²) >= 11 is 0. The maximum atomic E-state index is 12.3. The highest BCUT2D eigenvalue weighted by molar-refractivity contribution is 7.89. The van der Waals surface area contributed by atoms with Gasteiger partial charge in [-0.3, -0.25) is 4.79 Å². The fourth-order valence-corrected chi connectivity index (χ4v) is 3.04. The van der Waals surface area contributed by atoms with Crippen molar-refractivity contribution in [3.8, 4) is 5.75 Å². The van der Waals surface area contributed by atoms with Crippen molar-refractivity contribution in [3.63, 3.8) is 0 Å². The van der Waals surface area contributed by atoms with Crippen LogP contribution >= 0.6 is 0 Å². The minimum absolute atomic E-state index is 0.0818. The molecule has 1 amide bonds. The summed E-state index contributed by atoms with van der Waals surface area (Å²) in [5.41, 5.74) is 0.287. The third kappa shape index (κ3) is 5.04. The van der Waals surface area contributed by atoms with Crippen molar-refractivity contribution in [1.29, 1.82) is 0 Å². The topological polar surface area (TPSA) is 75.7 Å². The predicted molar refractivity (Wildman–Crippen MR) is 96.2 cm³/mol. The second-order valence-electron chi connectivity index (χ2n) is 5.81. The van der Waals surface area contributed by atoms with Crippen LogP contribution in [0, 0.1) is 0 Å². The van der Waals surface area contributed by atoms with E-state index in [0.29, 0.717) is 6.61 Å². The van der Waals surface area contributed by atoms with E-state index in [2.05, 4.69) is 5.32 Å². The molecule has 0 radical (unpaired) electrons. The van der Waals surface area contributed by atoms with Crippen LogP contribution in [-0.4, -0.2) is 45.4 Å². The minimum Gasteiger partial charge on any atom is -0.491 e. The lowest BCUT2D eigenvalue weighted by Crippen LogP contribution is -2.36. The first-order valence-corrected chi connectivity index (χ1v) is 9.26. The summed E-state index contributed by atoms with van der Waals surface area (Å²) in [5.74, 6) is 0.377.